The van der Waals surface area contributed by atoms with Gasteiger partial charge < -0.3 is 15.0 Å². The lowest BCUT2D eigenvalue weighted by molar-refractivity contribution is -0.383. The van der Waals surface area contributed by atoms with Crippen molar-refractivity contribution >= 4 is 23.2 Å². The number of nitro groups is 1. The lowest BCUT2D eigenvalue weighted by Gasteiger charge is -2.26. The average Bonchev–Trinajstić information content (AvgIpc) is 2.78. The SMILES string of the molecule is COc1ccc(C(=O)NNc2ncnc(NCCN3CCCCC3)c2[N+](=O)[O-])cc1. The number of piperidine rings is 1. The normalized spacial score (nSPS) is 14.0. The van der Waals surface area contributed by atoms with Crippen LogP contribution in [0.5, 0.6) is 5.75 Å². The van der Waals surface area contributed by atoms with Crippen LogP contribution in [0.15, 0.2) is 30.6 Å². The lowest BCUT2D eigenvalue weighted by Crippen LogP contribution is -2.34. The highest BCUT2D eigenvalue weighted by atomic mass is 16.6. The van der Waals surface area contributed by atoms with E-state index in [-0.39, 0.29) is 17.3 Å². The number of nitrogens with one attached hydrogen (secondary N) is 3. The third-order valence-electron chi connectivity index (χ3n) is 4.82. The first-order valence-electron chi connectivity index (χ1n) is 9.74. The number of hydrazine groups is 1. The number of hydrogen-bond acceptors (Lipinski definition) is 9. The Morgan fingerprint density at radius 2 is 1.87 bits per heavy atom. The smallest absolute Gasteiger partial charge is 0.354 e. The molecule has 2 heterocycles. The van der Waals surface area contributed by atoms with Crippen LogP contribution in [0.2, 0.25) is 0 Å². The third kappa shape index (κ3) is 5.54. The molecule has 11 nitrogen and oxygen atoms in total. The van der Waals surface area contributed by atoms with E-state index in [9.17, 15) is 14.9 Å². The molecule has 1 amide bonds. The molecule has 1 aliphatic heterocycles. The second-order valence-electron chi connectivity index (χ2n) is 6.81. The molecule has 1 aliphatic rings. The summed E-state index contributed by atoms with van der Waals surface area (Å²) in [6.45, 7) is 3.38. The highest BCUT2D eigenvalue weighted by Gasteiger charge is 2.23. The van der Waals surface area contributed by atoms with Crippen LogP contribution in [0.1, 0.15) is 29.6 Å². The molecule has 1 aromatic carbocycles. The fourth-order valence-electron chi connectivity index (χ4n) is 3.22. The Kier molecular flexibility index (Phi) is 7.33. The number of amides is 1. The second kappa shape index (κ2) is 10.3. The van der Waals surface area contributed by atoms with E-state index in [2.05, 4.69) is 31.0 Å². The van der Waals surface area contributed by atoms with E-state index in [1.807, 2.05) is 0 Å². The van der Waals surface area contributed by atoms with Crippen molar-refractivity contribution < 1.29 is 14.5 Å². The van der Waals surface area contributed by atoms with Crippen LogP contribution in [-0.4, -0.2) is 59.0 Å². The number of ether oxygens (including phenoxy) is 1. The van der Waals surface area contributed by atoms with Gasteiger partial charge in [-0.25, -0.2) is 9.97 Å². The zero-order chi connectivity index (χ0) is 21.3. The Balaban J connectivity index is 1.62. The molecule has 1 fully saturated rings. The van der Waals surface area contributed by atoms with E-state index >= 15 is 0 Å². The summed E-state index contributed by atoms with van der Waals surface area (Å²) in [7, 11) is 1.53. The zero-order valence-electron chi connectivity index (χ0n) is 16.8. The van der Waals surface area contributed by atoms with Crippen LogP contribution >= 0.6 is 0 Å². The second-order valence-corrected chi connectivity index (χ2v) is 6.81. The van der Waals surface area contributed by atoms with Crippen LogP contribution in [0.3, 0.4) is 0 Å². The fourth-order valence-corrected chi connectivity index (χ4v) is 3.22. The summed E-state index contributed by atoms with van der Waals surface area (Å²) in [4.78, 5) is 33.5. The zero-order valence-corrected chi connectivity index (χ0v) is 16.8. The number of rotatable bonds is 9. The molecule has 0 bridgehead atoms. The van der Waals surface area contributed by atoms with Crippen molar-refractivity contribution in [3.63, 3.8) is 0 Å². The summed E-state index contributed by atoms with van der Waals surface area (Å²) in [5.41, 5.74) is 4.98. The number of carbonyl (C=O) groups excluding carboxylic acids is 1. The minimum Gasteiger partial charge on any atom is -0.497 e. The molecule has 1 saturated heterocycles. The number of aromatic nitrogens is 2. The Bertz CT molecular complexity index is 870. The van der Waals surface area contributed by atoms with Gasteiger partial charge >= 0.3 is 5.69 Å². The molecule has 0 radical (unpaired) electrons. The summed E-state index contributed by atoms with van der Waals surface area (Å²) >= 11 is 0. The van der Waals surface area contributed by atoms with Crippen molar-refractivity contribution in [3.05, 3.63) is 46.3 Å². The average molecular weight is 415 g/mol. The minimum absolute atomic E-state index is 0.0997. The van der Waals surface area contributed by atoms with E-state index in [4.69, 9.17) is 4.74 Å². The van der Waals surface area contributed by atoms with Crippen LogP contribution in [-0.2, 0) is 0 Å². The third-order valence-corrected chi connectivity index (χ3v) is 4.82. The minimum atomic E-state index is -0.578. The molecule has 1 aromatic heterocycles. The number of hydrogen-bond donors (Lipinski definition) is 3. The van der Waals surface area contributed by atoms with Gasteiger partial charge in [0.2, 0.25) is 11.6 Å². The highest BCUT2D eigenvalue weighted by Crippen LogP contribution is 2.28. The van der Waals surface area contributed by atoms with Gasteiger partial charge in [0.25, 0.3) is 5.91 Å². The van der Waals surface area contributed by atoms with Gasteiger partial charge in [0, 0.05) is 18.7 Å². The Hall–Kier alpha value is -3.47. The first-order chi connectivity index (χ1) is 14.6. The van der Waals surface area contributed by atoms with Crippen LogP contribution < -0.4 is 20.9 Å². The quantitative estimate of drug-likeness (QED) is 0.415. The van der Waals surface area contributed by atoms with E-state index in [1.54, 1.807) is 24.3 Å². The Morgan fingerprint density at radius 1 is 1.17 bits per heavy atom. The van der Waals surface area contributed by atoms with Gasteiger partial charge in [0.05, 0.1) is 12.0 Å². The molecule has 3 N–H and O–H groups in total. The van der Waals surface area contributed by atoms with Crippen molar-refractivity contribution in [2.75, 3.05) is 44.0 Å². The maximum atomic E-state index is 12.3. The number of likely N-dealkylation sites (tertiary alicyclic amines) is 1. The Morgan fingerprint density at radius 3 is 2.53 bits per heavy atom. The molecule has 0 atom stereocenters. The van der Waals surface area contributed by atoms with Crippen LogP contribution in [0.25, 0.3) is 0 Å². The largest absolute Gasteiger partial charge is 0.497 e. The first-order valence-corrected chi connectivity index (χ1v) is 9.74. The van der Waals surface area contributed by atoms with Crippen molar-refractivity contribution in [3.8, 4) is 5.75 Å². The Labute approximate surface area is 174 Å². The number of benzene rings is 1. The summed E-state index contributed by atoms with van der Waals surface area (Å²) in [6, 6.07) is 6.45. The predicted molar refractivity (Wildman–Crippen MR) is 112 cm³/mol. The van der Waals surface area contributed by atoms with Gasteiger partial charge in [-0.05, 0) is 50.2 Å². The maximum Gasteiger partial charge on any atom is 0.354 e. The van der Waals surface area contributed by atoms with E-state index in [0.717, 1.165) is 19.6 Å². The van der Waals surface area contributed by atoms with Crippen molar-refractivity contribution in [2.45, 2.75) is 19.3 Å². The van der Waals surface area contributed by atoms with Crippen LogP contribution in [0, 0.1) is 10.1 Å². The molecule has 3 rings (SSSR count). The number of methoxy groups -OCH3 is 1. The first kappa shape index (κ1) is 21.2. The van der Waals surface area contributed by atoms with Crippen molar-refractivity contribution in [1.29, 1.82) is 0 Å². The van der Waals surface area contributed by atoms with Crippen molar-refractivity contribution in [1.82, 2.24) is 20.3 Å². The molecule has 11 heteroatoms. The molecule has 0 unspecified atom stereocenters. The van der Waals surface area contributed by atoms with Gasteiger partial charge in [-0.3, -0.25) is 25.8 Å². The van der Waals surface area contributed by atoms with Gasteiger partial charge in [-0.15, -0.1) is 0 Å². The molecular formula is C19H25N7O4. The van der Waals surface area contributed by atoms with Gasteiger partial charge in [0.15, 0.2) is 0 Å². The van der Waals surface area contributed by atoms with E-state index in [1.165, 1.54) is 32.7 Å². The molecule has 30 heavy (non-hydrogen) atoms. The molecular weight excluding hydrogens is 390 g/mol. The standard InChI is InChI=1S/C19H25N7O4/c1-30-15-7-5-14(6-8-15)19(27)24-23-18-16(26(28)29)17(21-13-22-18)20-9-12-25-10-3-2-4-11-25/h5-8,13H,2-4,9-12H2,1H3,(H,24,27)(H2,20,21,22,23). The van der Waals surface area contributed by atoms with Gasteiger partial charge in [-0.2, -0.15) is 0 Å². The monoisotopic (exact) mass is 415 g/mol. The van der Waals surface area contributed by atoms with E-state index in [0.29, 0.717) is 17.9 Å². The summed E-state index contributed by atoms with van der Waals surface area (Å²) < 4.78 is 5.06. The van der Waals surface area contributed by atoms with Crippen LogP contribution in [0.4, 0.5) is 17.3 Å². The molecule has 0 spiro atoms. The lowest BCUT2D eigenvalue weighted by atomic mass is 10.1. The summed E-state index contributed by atoms with van der Waals surface area (Å²) in [5, 5.41) is 14.6. The highest BCUT2D eigenvalue weighted by molar-refractivity contribution is 5.95. The van der Waals surface area contributed by atoms with Crippen molar-refractivity contribution in [2.24, 2.45) is 0 Å². The number of carbonyl (C=O) groups is 1. The molecule has 2 aromatic rings. The molecule has 0 aliphatic carbocycles. The topological polar surface area (TPSA) is 135 Å². The summed E-state index contributed by atoms with van der Waals surface area (Å²) in [5.74, 6) is 0.155. The number of nitrogens with zero attached hydrogens (tertiary/aromatic N) is 4. The fraction of sp³-hybridized carbons (Fsp3) is 0.421. The predicted octanol–water partition coefficient (Wildman–Crippen LogP) is 2.05. The number of anilines is 2. The molecule has 160 valence electrons. The maximum absolute atomic E-state index is 12.3. The van der Waals surface area contributed by atoms with Gasteiger partial charge in [0.1, 0.15) is 12.1 Å². The molecule has 0 saturated carbocycles. The summed E-state index contributed by atoms with van der Waals surface area (Å²) in [6.07, 6.45) is 4.81. The van der Waals surface area contributed by atoms with Gasteiger partial charge in [-0.1, -0.05) is 6.42 Å². The van der Waals surface area contributed by atoms with E-state index < -0.39 is 10.8 Å².